The summed E-state index contributed by atoms with van der Waals surface area (Å²) >= 11 is 0. The van der Waals surface area contributed by atoms with Gasteiger partial charge in [-0.05, 0) is 33.4 Å². The lowest BCUT2D eigenvalue weighted by atomic mass is 9.80. The average Bonchev–Trinajstić information content (AvgIpc) is 3.29. The first-order valence-electron chi connectivity index (χ1n) is 20.3. The van der Waals surface area contributed by atoms with Gasteiger partial charge in [0.2, 0.25) is 0 Å². The van der Waals surface area contributed by atoms with Crippen LogP contribution in [0.15, 0.2) is 182 Å². The van der Waals surface area contributed by atoms with Crippen LogP contribution in [0.2, 0.25) is 0 Å². The van der Waals surface area contributed by atoms with E-state index in [0.29, 0.717) is 0 Å². The van der Waals surface area contributed by atoms with Crippen LogP contribution in [0.1, 0.15) is 61.1 Å². The molecule has 6 rings (SSSR count). The Hall–Kier alpha value is -6.88. The standard InChI is InChI=1S/C52H50O10/c1-37(53)59-47(35-57-51(41-23-11-5-12-24-41,42-25-13-6-14-26-42)43-27-15-7-16-28-43)49(61-39(3)55)50(62-40(4)56)48(60-38(2)54)36-58-52(44-29-17-8-18-30-44,45-31-19-9-20-32-45)46-33-21-10-22-34-46/h5-34,47-50H,35-36H2,1-4H3/t47-,48-,49+,50+/m1/s1. The maximum atomic E-state index is 13.1. The van der Waals surface area contributed by atoms with Crippen molar-refractivity contribution in [3.63, 3.8) is 0 Å². The summed E-state index contributed by atoms with van der Waals surface area (Å²) in [5.74, 6) is -3.06. The third kappa shape index (κ3) is 10.5. The van der Waals surface area contributed by atoms with Crippen LogP contribution in [0.4, 0.5) is 0 Å². The molecule has 6 aromatic rings. The molecule has 0 N–H and O–H groups in total. The molecule has 0 radical (unpaired) electrons. The SMILES string of the molecule is CC(=O)O[C@H]([C@@H](OC(C)=O)[C@@H](COC(c1ccccc1)(c1ccccc1)c1ccccc1)OC(C)=O)[C@@H](COC(c1ccccc1)(c1ccccc1)c1ccccc1)OC(C)=O. The highest BCUT2D eigenvalue weighted by Crippen LogP contribution is 2.43. The summed E-state index contributed by atoms with van der Waals surface area (Å²) in [6.45, 7) is 3.96. The fourth-order valence-corrected chi connectivity index (χ4v) is 7.86. The van der Waals surface area contributed by atoms with Crippen molar-refractivity contribution in [1.29, 1.82) is 0 Å². The fraction of sp³-hybridized carbons (Fsp3) is 0.231. The van der Waals surface area contributed by atoms with Gasteiger partial charge in [0, 0.05) is 27.7 Å². The van der Waals surface area contributed by atoms with Crippen LogP contribution in [0.5, 0.6) is 0 Å². The molecule has 62 heavy (non-hydrogen) atoms. The van der Waals surface area contributed by atoms with E-state index in [1.165, 1.54) is 27.7 Å². The summed E-state index contributed by atoms with van der Waals surface area (Å²) in [6, 6.07) is 57.2. The topological polar surface area (TPSA) is 124 Å². The first-order chi connectivity index (χ1) is 30.0. The van der Waals surface area contributed by atoms with E-state index < -0.39 is 72.7 Å². The summed E-state index contributed by atoms with van der Waals surface area (Å²) in [7, 11) is 0. The molecule has 6 aromatic carbocycles. The second-order valence-corrected chi connectivity index (χ2v) is 14.6. The molecule has 318 valence electrons. The highest BCUT2D eigenvalue weighted by molar-refractivity contribution is 5.69. The van der Waals surface area contributed by atoms with Crippen molar-refractivity contribution in [2.24, 2.45) is 0 Å². The molecule has 0 aliphatic heterocycles. The summed E-state index contributed by atoms with van der Waals surface area (Å²) in [5.41, 5.74) is 1.94. The van der Waals surface area contributed by atoms with Crippen LogP contribution in [-0.4, -0.2) is 61.5 Å². The van der Waals surface area contributed by atoms with Gasteiger partial charge >= 0.3 is 23.9 Å². The summed E-state index contributed by atoms with van der Waals surface area (Å²) in [6.07, 6.45) is -6.05. The Morgan fingerprint density at radius 1 is 0.339 bits per heavy atom. The van der Waals surface area contributed by atoms with Gasteiger partial charge in [-0.1, -0.05) is 182 Å². The maximum absolute atomic E-state index is 13.1. The first kappa shape index (κ1) is 44.7. The minimum absolute atomic E-state index is 0.399. The van der Waals surface area contributed by atoms with E-state index in [-0.39, 0.29) is 0 Å². The second-order valence-electron chi connectivity index (χ2n) is 14.6. The molecule has 0 unspecified atom stereocenters. The number of esters is 4. The van der Waals surface area contributed by atoms with Crippen molar-refractivity contribution in [2.45, 2.75) is 63.3 Å². The van der Waals surface area contributed by atoms with Crippen LogP contribution in [0, 0.1) is 0 Å². The second kappa shape index (κ2) is 21.1. The predicted molar refractivity (Wildman–Crippen MR) is 233 cm³/mol. The van der Waals surface area contributed by atoms with Crippen molar-refractivity contribution in [2.75, 3.05) is 13.2 Å². The summed E-state index contributed by atoms with van der Waals surface area (Å²) in [4.78, 5) is 52.4. The highest BCUT2D eigenvalue weighted by Gasteiger charge is 2.48. The molecule has 0 heterocycles. The molecule has 0 spiro atoms. The molecular weight excluding hydrogens is 785 g/mol. The van der Waals surface area contributed by atoms with E-state index in [2.05, 4.69) is 0 Å². The molecule has 0 fully saturated rings. The third-order valence-electron chi connectivity index (χ3n) is 10.3. The van der Waals surface area contributed by atoms with Crippen molar-refractivity contribution in [3.8, 4) is 0 Å². The monoisotopic (exact) mass is 834 g/mol. The quantitative estimate of drug-likeness (QED) is 0.0445. The van der Waals surface area contributed by atoms with E-state index >= 15 is 0 Å². The minimum Gasteiger partial charge on any atom is -0.456 e. The average molecular weight is 835 g/mol. The van der Waals surface area contributed by atoms with Crippen molar-refractivity contribution in [1.82, 2.24) is 0 Å². The lowest BCUT2D eigenvalue weighted by Gasteiger charge is -2.41. The van der Waals surface area contributed by atoms with Crippen LogP contribution >= 0.6 is 0 Å². The highest BCUT2D eigenvalue weighted by atomic mass is 16.6. The number of rotatable bonds is 19. The van der Waals surface area contributed by atoms with Crippen LogP contribution in [0.3, 0.4) is 0 Å². The predicted octanol–water partition coefficient (Wildman–Crippen LogP) is 8.73. The van der Waals surface area contributed by atoms with Gasteiger partial charge in [0.15, 0.2) is 24.4 Å². The number of hydrogen-bond acceptors (Lipinski definition) is 10. The van der Waals surface area contributed by atoms with Crippen molar-refractivity contribution >= 4 is 23.9 Å². The normalized spacial score (nSPS) is 13.4. The Morgan fingerprint density at radius 3 is 0.710 bits per heavy atom. The Labute approximate surface area is 362 Å². The molecule has 0 bridgehead atoms. The van der Waals surface area contributed by atoms with Gasteiger partial charge in [-0.2, -0.15) is 0 Å². The number of hydrogen-bond donors (Lipinski definition) is 0. The fourth-order valence-electron chi connectivity index (χ4n) is 7.86. The Balaban J connectivity index is 1.48. The maximum Gasteiger partial charge on any atom is 0.303 e. The number of carbonyl (C=O) groups is 4. The molecular formula is C52H50O10. The third-order valence-corrected chi connectivity index (χ3v) is 10.3. The summed E-state index contributed by atoms with van der Waals surface area (Å²) < 4.78 is 38.1. The molecule has 10 nitrogen and oxygen atoms in total. The van der Waals surface area contributed by atoms with Crippen LogP contribution in [0.25, 0.3) is 0 Å². The van der Waals surface area contributed by atoms with Gasteiger partial charge in [-0.15, -0.1) is 0 Å². The zero-order chi connectivity index (χ0) is 44.0. The van der Waals surface area contributed by atoms with Crippen molar-refractivity contribution < 1.29 is 47.6 Å². The van der Waals surface area contributed by atoms with E-state index in [1.807, 2.05) is 182 Å². The van der Waals surface area contributed by atoms with E-state index in [4.69, 9.17) is 28.4 Å². The minimum atomic E-state index is -1.59. The van der Waals surface area contributed by atoms with Gasteiger partial charge in [0.1, 0.15) is 11.2 Å². The summed E-state index contributed by atoms with van der Waals surface area (Å²) in [5, 5.41) is 0. The Kier molecular flexibility index (Phi) is 15.2. The molecule has 0 aliphatic carbocycles. The van der Waals surface area contributed by atoms with E-state index in [9.17, 15) is 19.2 Å². The van der Waals surface area contributed by atoms with Crippen LogP contribution in [-0.2, 0) is 58.8 Å². The van der Waals surface area contributed by atoms with E-state index in [0.717, 1.165) is 33.4 Å². The van der Waals surface area contributed by atoms with Gasteiger partial charge in [0.25, 0.3) is 0 Å². The molecule has 10 heteroatoms. The largest absolute Gasteiger partial charge is 0.456 e. The zero-order valence-electron chi connectivity index (χ0n) is 35.1. The van der Waals surface area contributed by atoms with Gasteiger partial charge < -0.3 is 28.4 Å². The van der Waals surface area contributed by atoms with Gasteiger partial charge in [-0.3, -0.25) is 19.2 Å². The van der Waals surface area contributed by atoms with E-state index in [1.54, 1.807) is 0 Å². The zero-order valence-corrected chi connectivity index (χ0v) is 35.1. The lowest BCUT2D eigenvalue weighted by Crippen LogP contribution is -2.55. The molecule has 0 aliphatic rings. The molecule has 0 amide bonds. The lowest BCUT2D eigenvalue weighted by molar-refractivity contribution is -0.210. The Morgan fingerprint density at radius 2 is 0.532 bits per heavy atom. The molecule has 4 atom stereocenters. The number of benzene rings is 6. The molecule has 0 saturated carbocycles. The first-order valence-corrected chi connectivity index (χ1v) is 20.3. The van der Waals surface area contributed by atoms with Gasteiger partial charge in [0.05, 0.1) is 13.2 Å². The Bertz CT molecular complexity index is 1980. The molecule has 0 saturated heterocycles. The van der Waals surface area contributed by atoms with Crippen LogP contribution < -0.4 is 0 Å². The number of ether oxygens (including phenoxy) is 6. The smallest absolute Gasteiger partial charge is 0.303 e. The molecule has 0 aromatic heterocycles. The number of carbonyl (C=O) groups excluding carboxylic acids is 4. The van der Waals surface area contributed by atoms with Gasteiger partial charge in [-0.25, -0.2) is 0 Å². The van der Waals surface area contributed by atoms with Crippen molar-refractivity contribution in [3.05, 3.63) is 215 Å².